The molecule has 1 aliphatic heterocycles. The zero-order valence-electron chi connectivity index (χ0n) is 16.7. The smallest absolute Gasteiger partial charge is 0.321 e. The van der Waals surface area contributed by atoms with Gasteiger partial charge in [0.2, 0.25) is 11.7 Å². The maximum absolute atomic E-state index is 12.3. The zero-order chi connectivity index (χ0) is 21.0. The van der Waals surface area contributed by atoms with E-state index in [2.05, 4.69) is 17.2 Å². The van der Waals surface area contributed by atoms with Gasteiger partial charge in [-0.15, -0.1) is 0 Å². The molecule has 2 aromatic carbocycles. The zero-order valence-corrected chi connectivity index (χ0v) is 16.7. The molecule has 0 aliphatic carbocycles. The first-order chi connectivity index (χ1) is 13.8. The van der Waals surface area contributed by atoms with Crippen LogP contribution in [0.1, 0.15) is 27.8 Å². The Kier molecular flexibility index (Phi) is 6.02. The number of hydrogen-bond acceptors (Lipinski definition) is 4. The Hall–Kier alpha value is -3.54. The number of carbonyl (C=O) groups is 2. The third-order valence-corrected chi connectivity index (χ3v) is 4.77. The van der Waals surface area contributed by atoms with Crippen molar-refractivity contribution in [3.05, 3.63) is 82.7 Å². The van der Waals surface area contributed by atoms with Crippen molar-refractivity contribution < 1.29 is 14.3 Å². The molecule has 0 atom stereocenters. The van der Waals surface area contributed by atoms with Crippen molar-refractivity contribution in [1.29, 1.82) is 0 Å². The molecule has 1 aliphatic rings. The number of hydrogen-bond donors (Lipinski definition) is 3. The minimum atomic E-state index is -0.413. The second-order valence-electron chi connectivity index (χ2n) is 7.09. The van der Waals surface area contributed by atoms with Crippen LogP contribution in [-0.2, 0) is 16.0 Å². The monoisotopic (exact) mass is 391 g/mol. The van der Waals surface area contributed by atoms with Gasteiger partial charge in [-0.05, 0) is 42.5 Å². The van der Waals surface area contributed by atoms with E-state index in [1.165, 1.54) is 0 Å². The SMILES string of the molecule is C=C(N)c1ccc(CCNC(=O)NC2=C(c3cc(C)ccc3C)C(=O)CO2)cc1. The number of nitrogens with one attached hydrogen (secondary N) is 2. The van der Waals surface area contributed by atoms with E-state index >= 15 is 0 Å². The van der Waals surface area contributed by atoms with E-state index in [4.69, 9.17) is 10.5 Å². The number of benzene rings is 2. The summed E-state index contributed by atoms with van der Waals surface area (Å²) in [5, 5.41) is 5.46. The Labute approximate surface area is 170 Å². The minimum Gasteiger partial charge on any atom is -0.470 e. The molecule has 6 heteroatoms. The van der Waals surface area contributed by atoms with E-state index in [1.54, 1.807) is 0 Å². The van der Waals surface area contributed by atoms with Crippen LogP contribution in [0.5, 0.6) is 0 Å². The number of aryl methyl sites for hydroxylation is 2. The van der Waals surface area contributed by atoms with Crippen molar-refractivity contribution in [1.82, 2.24) is 10.6 Å². The van der Waals surface area contributed by atoms with Crippen molar-refractivity contribution >= 4 is 23.1 Å². The molecule has 4 N–H and O–H groups in total. The lowest BCUT2D eigenvalue weighted by molar-refractivity contribution is -0.115. The van der Waals surface area contributed by atoms with Gasteiger partial charge in [0.25, 0.3) is 0 Å². The predicted octanol–water partition coefficient (Wildman–Crippen LogP) is 3.04. The Morgan fingerprint density at radius 1 is 1.17 bits per heavy atom. The number of Topliss-reactive ketones (excluding diaryl/α,β-unsaturated/α-hetero) is 1. The van der Waals surface area contributed by atoms with Gasteiger partial charge in [0, 0.05) is 12.2 Å². The summed E-state index contributed by atoms with van der Waals surface area (Å²) in [5.74, 6) is 0.0580. The quantitative estimate of drug-likeness (QED) is 0.706. The number of urea groups is 1. The molecule has 0 unspecified atom stereocenters. The molecular formula is C23H25N3O3. The summed E-state index contributed by atoms with van der Waals surface area (Å²) >= 11 is 0. The van der Waals surface area contributed by atoms with Gasteiger partial charge in [0.05, 0.1) is 5.57 Å². The molecule has 0 radical (unpaired) electrons. The maximum Gasteiger partial charge on any atom is 0.321 e. The van der Waals surface area contributed by atoms with E-state index in [1.807, 2.05) is 56.3 Å². The summed E-state index contributed by atoms with van der Waals surface area (Å²) in [6.07, 6.45) is 0.660. The highest BCUT2D eigenvalue weighted by Gasteiger charge is 2.28. The van der Waals surface area contributed by atoms with Crippen molar-refractivity contribution in [3.8, 4) is 0 Å². The largest absolute Gasteiger partial charge is 0.470 e. The third-order valence-electron chi connectivity index (χ3n) is 4.77. The van der Waals surface area contributed by atoms with Crippen LogP contribution in [0.15, 0.2) is 54.9 Å². The fourth-order valence-corrected chi connectivity index (χ4v) is 3.14. The predicted molar refractivity (Wildman–Crippen MR) is 114 cm³/mol. The molecule has 2 aromatic rings. The average molecular weight is 391 g/mol. The van der Waals surface area contributed by atoms with Gasteiger partial charge < -0.3 is 15.8 Å². The molecule has 1 heterocycles. The summed E-state index contributed by atoms with van der Waals surface area (Å²) in [6, 6.07) is 13.1. The number of carbonyl (C=O) groups excluding carboxylic acids is 2. The summed E-state index contributed by atoms with van der Waals surface area (Å²) < 4.78 is 5.44. The number of ether oxygens (including phenoxy) is 1. The van der Waals surface area contributed by atoms with Crippen molar-refractivity contribution in [2.75, 3.05) is 13.2 Å². The molecule has 3 rings (SSSR count). The highest BCUT2D eigenvalue weighted by atomic mass is 16.5. The van der Waals surface area contributed by atoms with E-state index < -0.39 is 6.03 Å². The van der Waals surface area contributed by atoms with Crippen molar-refractivity contribution in [3.63, 3.8) is 0 Å². The molecule has 2 amide bonds. The van der Waals surface area contributed by atoms with Crippen LogP contribution in [0.3, 0.4) is 0 Å². The van der Waals surface area contributed by atoms with Gasteiger partial charge in [0.15, 0.2) is 6.61 Å². The summed E-state index contributed by atoms with van der Waals surface area (Å²) in [7, 11) is 0. The van der Waals surface area contributed by atoms with Gasteiger partial charge in [-0.3, -0.25) is 10.1 Å². The van der Waals surface area contributed by atoms with Crippen LogP contribution in [0.25, 0.3) is 11.3 Å². The van der Waals surface area contributed by atoms with Gasteiger partial charge in [0.1, 0.15) is 0 Å². The second-order valence-corrected chi connectivity index (χ2v) is 7.09. The Bertz CT molecular complexity index is 991. The minimum absolute atomic E-state index is 0.0723. The molecule has 0 aromatic heterocycles. The Morgan fingerprint density at radius 2 is 1.90 bits per heavy atom. The third kappa shape index (κ3) is 4.85. The fourth-order valence-electron chi connectivity index (χ4n) is 3.14. The van der Waals surface area contributed by atoms with E-state index in [0.29, 0.717) is 24.2 Å². The number of amides is 2. The molecule has 0 spiro atoms. The van der Waals surface area contributed by atoms with Crippen LogP contribution in [0.2, 0.25) is 0 Å². The van der Waals surface area contributed by atoms with E-state index in [-0.39, 0.29) is 18.3 Å². The lowest BCUT2D eigenvalue weighted by atomic mass is 9.97. The number of nitrogens with two attached hydrogens (primary N) is 1. The molecular weight excluding hydrogens is 366 g/mol. The summed E-state index contributed by atoms with van der Waals surface area (Å²) in [4.78, 5) is 24.6. The second kappa shape index (κ2) is 8.65. The topological polar surface area (TPSA) is 93.5 Å². The first-order valence-electron chi connectivity index (χ1n) is 9.41. The number of ketones is 1. The van der Waals surface area contributed by atoms with Crippen LogP contribution in [0, 0.1) is 13.8 Å². The summed E-state index contributed by atoms with van der Waals surface area (Å²) in [5.41, 5.74) is 11.3. The van der Waals surface area contributed by atoms with Gasteiger partial charge >= 0.3 is 6.03 Å². The lowest BCUT2D eigenvalue weighted by Crippen LogP contribution is -2.36. The summed E-state index contributed by atoms with van der Waals surface area (Å²) in [6.45, 7) is 7.96. The van der Waals surface area contributed by atoms with Crippen molar-refractivity contribution in [2.24, 2.45) is 5.73 Å². The maximum atomic E-state index is 12.3. The highest BCUT2D eigenvalue weighted by molar-refractivity contribution is 6.24. The molecule has 0 fully saturated rings. The fraction of sp³-hybridized carbons (Fsp3) is 0.217. The molecule has 6 nitrogen and oxygen atoms in total. The average Bonchev–Trinajstić information content (AvgIpc) is 3.04. The molecule has 29 heavy (non-hydrogen) atoms. The van der Waals surface area contributed by atoms with Crippen LogP contribution < -0.4 is 16.4 Å². The lowest BCUT2D eigenvalue weighted by Gasteiger charge is -2.11. The first kappa shape index (κ1) is 20.2. The molecule has 0 bridgehead atoms. The van der Waals surface area contributed by atoms with Gasteiger partial charge in [-0.2, -0.15) is 0 Å². The van der Waals surface area contributed by atoms with E-state index in [9.17, 15) is 9.59 Å². The van der Waals surface area contributed by atoms with Crippen LogP contribution in [-0.4, -0.2) is 25.0 Å². The molecule has 0 saturated heterocycles. The normalized spacial score (nSPS) is 13.2. The Balaban J connectivity index is 1.63. The van der Waals surface area contributed by atoms with Crippen molar-refractivity contribution in [2.45, 2.75) is 20.3 Å². The van der Waals surface area contributed by atoms with Gasteiger partial charge in [-0.25, -0.2) is 4.79 Å². The first-order valence-corrected chi connectivity index (χ1v) is 9.41. The highest BCUT2D eigenvalue weighted by Crippen LogP contribution is 2.28. The van der Waals surface area contributed by atoms with E-state index in [0.717, 1.165) is 27.8 Å². The van der Waals surface area contributed by atoms with Crippen LogP contribution >= 0.6 is 0 Å². The standard InChI is InChI=1S/C23H25N3O3/c1-14-4-5-15(2)19(12-14)21-20(27)13-29-22(21)26-23(28)25-11-10-17-6-8-18(9-7-17)16(3)24/h4-9,12H,3,10-11,13,24H2,1-2H3,(H2,25,26,28). The van der Waals surface area contributed by atoms with Crippen LogP contribution in [0.4, 0.5) is 4.79 Å². The Morgan fingerprint density at radius 3 is 2.59 bits per heavy atom. The molecule has 0 saturated carbocycles. The molecule has 150 valence electrons. The number of rotatable bonds is 6. The van der Waals surface area contributed by atoms with Gasteiger partial charge in [-0.1, -0.05) is 54.6 Å².